The van der Waals surface area contributed by atoms with Gasteiger partial charge >= 0.3 is 5.97 Å². The van der Waals surface area contributed by atoms with Gasteiger partial charge < -0.3 is 15.7 Å². The molecule has 0 aromatic heterocycles. The van der Waals surface area contributed by atoms with Gasteiger partial charge in [-0.2, -0.15) is 0 Å². The minimum absolute atomic E-state index is 0.180. The van der Waals surface area contributed by atoms with Gasteiger partial charge in [-0.1, -0.05) is 30.3 Å². The first-order valence-electron chi connectivity index (χ1n) is 6.42. The van der Waals surface area contributed by atoms with Gasteiger partial charge in [0.05, 0.1) is 0 Å². The van der Waals surface area contributed by atoms with E-state index in [1.54, 1.807) is 12.1 Å². The largest absolute Gasteiger partial charge is 0.480 e. The van der Waals surface area contributed by atoms with Crippen molar-refractivity contribution in [3.63, 3.8) is 0 Å². The van der Waals surface area contributed by atoms with Crippen LogP contribution in [0.25, 0.3) is 0 Å². The van der Waals surface area contributed by atoms with Crippen LogP contribution in [-0.2, 0) is 20.8 Å². The van der Waals surface area contributed by atoms with E-state index in [0.29, 0.717) is 12.8 Å². The van der Waals surface area contributed by atoms with Gasteiger partial charge in [-0.15, -0.1) is 0 Å². The van der Waals surface area contributed by atoms with E-state index in [-0.39, 0.29) is 12.3 Å². The van der Waals surface area contributed by atoms with Crippen molar-refractivity contribution >= 4 is 17.8 Å². The standard InChI is InChI=1S/C14H16N2O4/c17-12-7-6-10(15-12)13(18)16-11(14(19)20)8-9-4-2-1-3-5-9/h1-5,10-11H,6-8H2,(H,15,17)(H,16,18)(H,19,20)/t10-,11-/m1/s1. The predicted octanol–water partition coefficient (Wildman–Crippen LogP) is 0.0771. The molecule has 2 atom stereocenters. The highest BCUT2D eigenvalue weighted by atomic mass is 16.4. The van der Waals surface area contributed by atoms with Gasteiger partial charge in [-0.3, -0.25) is 9.59 Å². The number of hydrogen-bond acceptors (Lipinski definition) is 3. The first kappa shape index (κ1) is 14.0. The molecular formula is C14H16N2O4. The van der Waals surface area contributed by atoms with Gasteiger partial charge in [0.25, 0.3) is 0 Å². The molecule has 1 aliphatic rings. The van der Waals surface area contributed by atoms with Gasteiger partial charge in [0, 0.05) is 12.8 Å². The average Bonchev–Trinajstić information content (AvgIpc) is 2.86. The Labute approximate surface area is 116 Å². The summed E-state index contributed by atoms with van der Waals surface area (Å²) in [6.45, 7) is 0. The highest BCUT2D eigenvalue weighted by Crippen LogP contribution is 2.08. The Morgan fingerprint density at radius 3 is 2.60 bits per heavy atom. The smallest absolute Gasteiger partial charge is 0.326 e. The van der Waals surface area contributed by atoms with Crippen molar-refractivity contribution in [3.05, 3.63) is 35.9 Å². The lowest BCUT2D eigenvalue weighted by atomic mass is 10.1. The van der Waals surface area contributed by atoms with E-state index in [2.05, 4.69) is 10.6 Å². The molecule has 3 N–H and O–H groups in total. The summed E-state index contributed by atoms with van der Waals surface area (Å²) in [5, 5.41) is 14.2. The van der Waals surface area contributed by atoms with Gasteiger partial charge in [-0.25, -0.2) is 4.79 Å². The van der Waals surface area contributed by atoms with Gasteiger partial charge in [0.15, 0.2) is 0 Å². The molecule has 1 aromatic carbocycles. The average molecular weight is 276 g/mol. The quantitative estimate of drug-likeness (QED) is 0.709. The summed E-state index contributed by atoms with van der Waals surface area (Å²) in [5.74, 6) is -1.72. The lowest BCUT2D eigenvalue weighted by molar-refractivity contribution is -0.142. The number of aliphatic carboxylic acids is 1. The lowest BCUT2D eigenvalue weighted by Gasteiger charge is -2.17. The van der Waals surface area contributed by atoms with Crippen LogP contribution in [0, 0.1) is 0 Å². The predicted molar refractivity (Wildman–Crippen MR) is 70.9 cm³/mol. The molecule has 0 spiro atoms. The van der Waals surface area contributed by atoms with E-state index in [1.807, 2.05) is 18.2 Å². The molecule has 20 heavy (non-hydrogen) atoms. The van der Waals surface area contributed by atoms with Crippen molar-refractivity contribution in [2.45, 2.75) is 31.3 Å². The second-order valence-corrected chi connectivity index (χ2v) is 4.75. The number of hydrogen-bond donors (Lipinski definition) is 3. The second kappa shape index (κ2) is 6.18. The fourth-order valence-electron chi connectivity index (χ4n) is 2.13. The Hall–Kier alpha value is -2.37. The zero-order valence-electron chi connectivity index (χ0n) is 10.8. The van der Waals surface area contributed by atoms with Crippen LogP contribution in [0.15, 0.2) is 30.3 Å². The minimum Gasteiger partial charge on any atom is -0.480 e. The van der Waals surface area contributed by atoms with Crippen LogP contribution in [0.2, 0.25) is 0 Å². The van der Waals surface area contributed by atoms with E-state index in [0.717, 1.165) is 5.56 Å². The van der Waals surface area contributed by atoms with E-state index in [1.165, 1.54) is 0 Å². The van der Waals surface area contributed by atoms with Crippen molar-refractivity contribution in [2.24, 2.45) is 0 Å². The lowest BCUT2D eigenvalue weighted by Crippen LogP contribution is -2.49. The van der Waals surface area contributed by atoms with Crippen LogP contribution >= 0.6 is 0 Å². The Bertz CT molecular complexity index is 515. The van der Waals surface area contributed by atoms with Crippen molar-refractivity contribution in [1.82, 2.24) is 10.6 Å². The summed E-state index contributed by atoms with van der Waals surface area (Å²) < 4.78 is 0. The van der Waals surface area contributed by atoms with Crippen LogP contribution in [-0.4, -0.2) is 35.0 Å². The van der Waals surface area contributed by atoms with Crippen LogP contribution in [0.3, 0.4) is 0 Å². The zero-order chi connectivity index (χ0) is 14.5. The van der Waals surface area contributed by atoms with Gasteiger partial charge in [0.1, 0.15) is 12.1 Å². The molecule has 0 aliphatic carbocycles. The number of rotatable bonds is 5. The van der Waals surface area contributed by atoms with Crippen LogP contribution in [0.4, 0.5) is 0 Å². The van der Waals surface area contributed by atoms with Crippen molar-refractivity contribution < 1.29 is 19.5 Å². The van der Waals surface area contributed by atoms with Crippen LogP contribution in [0.5, 0.6) is 0 Å². The molecule has 1 aliphatic heterocycles. The highest BCUT2D eigenvalue weighted by molar-refractivity contribution is 5.92. The maximum Gasteiger partial charge on any atom is 0.326 e. The number of carbonyl (C=O) groups is 3. The van der Waals surface area contributed by atoms with Gasteiger partial charge in [-0.05, 0) is 12.0 Å². The molecule has 1 fully saturated rings. The molecule has 1 aromatic rings. The third-order valence-electron chi connectivity index (χ3n) is 3.21. The summed E-state index contributed by atoms with van der Waals surface area (Å²) in [5.41, 5.74) is 0.829. The van der Waals surface area contributed by atoms with E-state index >= 15 is 0 Å². The fraction of sp³-hybridized carbons (Fsp3) is 0.357. The monoisotopic (exact) mass is 276 g/mol. The Morgan fingerprint density at radius 2 is 2.05 bits per heavy atom. The number of amides is 2. The number of benzene rings is 1. The Kier molecular flexibility index (Phi) is 4.34. The normalized spacial score (nSPS) is 19.2. The maximum atomic E-state index is 11.9. The number of carboxylic acid groups (broad SMARTS) is 1. The van der Waals surface area contributed by atoms with Crippen molar-refractivity contribution in [1.29, 1.82) is 0 Å². The fourth-order valence-corrected chi connectivity index (χ4v) is 2.13. The molecular weight excluding hydrogens is 260 g/mol. The molecule has 1 heterocycles. The summed E-state index contributed by atoms with van der Waals surface area (Å²) >= 11 is 0. The van der Waals surface area contributed by atoms with Crippen LogP contribution < -0.4 is 10.6 Å². The zero-order valence-corrected chi connectivity index (χ0v) is 10.8. The Morgan fingerprint density at radius 1 is 1.35 bits per heavy atom. The first-order valence-corrected chi connectivity index (χ1v) is 6.42. The van der Waals surface area contributed by atoms with Crippen molar-refractivity contribution in [2.75, 3.05) is 0 Å². The maximum absolute atomic E-state index is 11.9. The van der Waals surface area contributed by atoms with Gasteiger partial charge in [0.2, 0.25) is 11.8 Å². The number of carbonyl (C=O) groups excluding carboxylic acids is 2. The molecule has 2 rings (SSSR count). The summed E-state index contributed by atoms with van der Waals surface area (Å²) in [6.07, 6.45) is 0.916. The highest BCUT2D eigenvalue weighted by Gasteiger charge is 2.30. The minimum atomic E-state index is -1.09. The summed E-state index contributed by atoms with van der Waals surface area (Å²) in [6, 6.07) is 7.45. The van der Waals surface area contributed by atoms with Crippen LogP contribution in [0.1, 0.15) is 18.4 Å². The molecule has 106 valence electrons. The Balaban J connectivity index is 1.97. The topological polar surface area (TPSA) is 95.5 Å². The molecule has 0 unspecified atom stereocenters. The summed E-state index contributed by atoms with van der Waals surface area (Å²) in [4.78, 5) is 34.2. The SMILES string of the molecule is O=C1CC[C@H](C(=O)N[C@H](Cc2ccccc2)C(=O)O)N1. The third-order valence-corrected chi connectivity index (χ3v) is 3.21. The van der Waals surface area contributed by atoms with E-state index in [4.69, 9.17) is 0 Å². The summed E-state index contributed by atoms with van der Waals surface area (Å²) in [7, 11) is 0. The molecule has 0 saturated carbocycles. The third kappa shape index (κ3) is 3.57. The molecule has 0 bridgehead atoms. The number of nitrogens with one attached hydrogen (secondary N) is 2. The van der Waals surface area contributed by atoms with Crippen molar-refractivity contribution in [3.8, 4) is 0 Å². The molecule has 0 radical (unpaired) electrons. The van der Waals surface area contributed by atoms with E-state index < -0.39 is 24.0 Å². The molecule has 6 heteroatoms. The van der Waals surface area contributed by atoms with E-state index in [9.17, 15) is 19.5 Å². The first-order chi connectivity index (χ1) is 9.56. The molecule has 6 nitrogen and oxygen atoms in total. The second-order valence-electron chi connectivity index (χ2n) is 4.75. The molecule has 2 amide bonds. The number of carboxylic acids is 1. The molecule has 1 saturated heterocycles.